The van der Waals surface area contributed by atoms with Gasteiger partial charge in [-0.25, -0.2) is 0 Å². The van der Waals surface area contributed by atoms with Crippen molar-refractivity contribution in [2.24, 2.45) is 0 Å². The van der Waals surface area contributed by atoms with Crippen LogP contribution in [0, 0.1) is 0 Å². The Morgan fingerprint density at radius 2 is 2.00 bits per heavy atom. The van der Waals surface area contributed by atoms with Gasteiger partial charge < -0.3 is 19.3 Å². The molecule has 1 aromatic carbocycles. The van der Waals surface area contributed by atoms with Crippen molar-refractivity contribution < 1.29 is 19.3 Å². The number of aliphatic hydroxyl groups excluding tert-OH is 1. The highest BCUT2D eigenvalue weighted by molar-refractivity contribution is 5.32. The molecule has 4 nitrogen and oxygen atoms in total. The fraction of sp³-hybridized carbons (Fsp3) is 0.625. The molecule has 0 aliphatic heterocycles. The summed E-state index contributed by atoms with van der Waals surface area (Å²) in [5.41, 5.74) is 2.25. The lowest BCUT2D eigenvalue weighted by Crippen LogP contribution is -2.28. The molecule has 0 amide bonds. The number of benzene rings is 1. The molecule has 112 valence electrons. The molecule has 1 aliphatic carbocycles. The molecule has 2 unspecified atom stereocenters. The lowest BCUT2D eigenvalue weighted by atomic mass is 9.87. The molecule has 0 aromatic heterocycles. The fourth-order valence-corrected chi connectivity index (χ4v) is 2.52. The molecule has 1 N–H and O–H groups in total. The largest absolute Gasteiger partial charge is 0.386 e. The highest BCUT2D eigenvalue weighted by Gasteiger charge is 2.27. The van der Waals surface area contributed by atoms with Crippen molar-refractivity contribution in [3.63, 3.8) is 0 Å². The van der Waals surface area contributed by atoms with E-state index in [1.54, 1.807) is 7.11 Å². The van der Waals surface area contributed by atoms with E-state index in [4.69, 9.17) is 14.2 Å². The minimum Gasteiger partial charge on any atom is -0.386 e. The zero-order valence-electron chi connectivity index (χ0n) is 12.1. The summed E-state index contributed by atoms with van der Waals surface area (Å²) in [7, 11) is 1.66. The molecule has 2 atom stereocenters. The number of ether oxygens (including phenoxy) is 3. The van der Waals surface area contributed by atoms with E-state index in [0.29, 0.717) is 26.4 Å². The van der Waals surface area contributed by atoms with Crippen LogP contribution in [-0.2, 0) is 20.6 Å². The minimum atomic E-state index is -0.505. The second kappa shape index (κ2) is 8.37. The lowest BCUT2D eigenvalue weighted by molar-refractivity contribution is -0.0543. The van der Waals surface area contributed by atoms with E-state index >= 15 is 0 Å². The summed E-state index contributed by atoms with van der Waals surface area (Å²) in [6.45, 7) is 2.54. The first-order chi connectivity index (χ1) is 9.83. The number of aliphatic hydroxyl groups is 1. The van der Waals surface area contributed by atoms with Crippen molar-refractivity contribution in [1.29, 1.82) is 0 Å². The SMILES string of the molecule is COCCOCCCOC1CCc2ccccc2C1O. The molecule has 0 radical (unpaired) electrons. The van der Waals surface area contributed by atoms with Gasteiger partial charge in [0.25, 0.3) is 0 Å². The van der Waals surface area contributed by atoms with Gasteiger partial charge in [0, 0.05) is 20.3 Å². The molecule has 20 heavy (non-hydrogen) atoms. The maximum atomic E-state index is 10.3. The van der Waals surface area contributed by atoms with E-state index in [9.17, 15) is 5.11 Å². The fourth-order valence-electron chi connectivity index (χ4n) is 2.52. The summed E-state index contributed by atoms with van der Waals surface area (Å²) < 4.78 is 16.1. The third-order valence-corrected chi connectivity index (χ3v) is 3.62. The summed E-state index contributed by atoms with van der Waals surface area (Å²) in [6.07, 6.45) is 2.10. The Hall–Kier alpha value is -0.940. The maximum absolute atomic E-state index is 10.3. The van der Waals surface area contributed by atoms with Crippen LogP contribution in [0.25, 0.3) is 0 Å². The molecular formula is C16H24O4. The Kier molecular flexibility index (Phi) is 6.47. The molecule has 0 bridgehead atoms. The third-order valence-electron chi connectivity index (χ3n) is 3.62. The van der Waals surface area contributed by atoms with Crippen LogP contribution in [0.15, 0.2) is 24.3 Å². The van der Waals surface area contributed by atoms with Crippen molar-refractivity contribution in [2.75, 3.05) is 33.5 Å². The Labute approximate surface area is 120 Å². The van der Waals surface area contributed by atoms with Gasteiger partial charge in [0.15, 0.2) is 0 Å². The van der Waals surface area contributed by atoms with E-state index in [1.807, 2.05) is 18.2 Å². The molecule has 0 saturated carbocycles. The highest BCUT2D eigenvalue weighted by Crippen LogP contribution is 2.31. The van der Waals surface area contributed by atoms with Crippen LogP contribution >= 0.6 is 0 Å². The Morgan fingerprint density at radius 3 is 2.85 bits per heavy atom. The van der Waals surface area contributed by atoms with E-state index in [-0.39, 0.29) is 6.10 Å². The first-order valence-corrected chi connectivity index (χ1v) is 7.27. The van der Waals surface area contributed by atoms with E-state index in [2.05, 4.69) is 6.07 Å². The number of aryl methyl sites for hydroxylation is 1. The second-order valence-corrected chi connectivity index (χ2v) is 5.05. The maximum Gasteiger partial charge on any atom is 0.105 e. The average Bonchev–Trinajstić information content (AvgIpc) is 2.49. The molecule has 0 fully saturated rings. The van der Waals surface area contributed by atoms with Gasteiger partial charge in [-0.05, 0) is 30.4 Å². The van der Waals surface area contributed by atoms with E-state index in [1.165, 1.54) is 5.56 Å². The van der Waals surface area contributed by atoms with Crippen LogP contribution in [0.5, 0.6) is 0 Å². The van der Waals surface area contributed by atoms with Gasteiger partial charge in [0.1, 0.15) is 6.10 Å². The number of hydrogen-bond donors (Lipinski definition) is 1. The van der Waals surface area contributed by atoms with Gasteiger partial charge >= 0.3 is 0 Å². The monoisotopic (exact) mass is 280 g/mol. The first-order valence-electron chi connectivity index (χ1n) is 7.27. The van der Waals surface area contributed by atoms with Crippen LogP contribution < -0.4 is 0 Å². The zero-order valence-corrected chi connectivity index (χ0v) is 12.1. The number of rotatable bonds is 8. The molecule has 0 heterocycles. The Bertz CT molecular complexity index is 394. The summed E-state index contributed by atoms with van der Waals surface area (Å²) in [5, 5.41) is 10.3. The number of methoxy groups -OCH3 is 1. The summed E-state index contributed by atoms with van der Waals surface area (Å²) in [5.74, 6) is 0. The van der Waals surface area contributed by atoms with Gasteiger partial charge in [-0.3, -0.25) is 0 Å². The molecule has 0 saturated heterocycles. The van der Waals surface area contributed by atoms with Crippen LogP contribution in [0.3, 0.4) is 0 Å². The van der Waals surface area contributed by atoms with Crippen molar-refractivity contribution in [2.45, 2.75) is 31.5 Å². The Balaban J connectivity index is 1.67. The van der Waals surface area contributed by atoms with E-state index < -0.39 is 6.10 Å². The van der Waals surface area contributed by atoms with E-state index in [0.717, 1.165) is 24.8 Å². The summed E-state index contributed by atoms with van der Waals surface area (Å²) >= 11 is 0. The predicted octanol–water partition coefficient (Wildman–Crippen LogP) is 2.10. The molecule has 2 rings (SSSR count). The first kappa shape index (κ1) is 15.4. The van der Waals surface area contributed by atoms with Gasteiger partial charge in [-0.15, -0.1) is 0 Å². The van der Waals surface area contributed by atoms with Gasteiger partial charge in [0.05, 0.1) is 19.3 Å². The molecule has 1 aliphatic rings. The number of hydrogen-bond acceptors (Lipinski definition) is 4. The van der Waals surface area contributed by atoms with Gasteiger partial charge in [-0.2, -0.15) is 0 Å². The van der Waals surface area contributed by atoms with Crippen LogP contribution in [-0.4, -0.2) is 44.7 Å². The Morgan fingerprint density at radius 1 is 1.15 bits per heavy atom. The highest BCUT2D eigenvalue weighted by atomic mass is 16.5. The standard InChI is InChI=1S/C16H24O4/c1-18-11-12-19-9-4-10-20-15-8-7-13-5-2-3-6-14(13)16(15)17/h2-3,5-6,15-17H,4,7-12H2,1H3. The smallest absolute Gasteiger partial charge is 0.105 e. The molecule has 0 spiro atoms. The second-order valence-electron chi connectivity index (χ2n) is 5.05. The molecule has 1 aromatic rings. The lowest BCUT2D eigenvalue weighted by Gasteiger charge is -2.30. The van der Waals surface area contributed by atoms with Gasteiger partial charge in [-0.1, -0.05) is 24.3 Å². The predicted molar refractivity (Wildman–Crippen MR) is 76.8 cm³/mol. The van der Waals surface area contributed by atoms with Crippen molar-refractivity contribution in [3.05, 3.63) is 35.4 Å². The average molecular weight is 280 g/mol. The van der Waals surface area contributed by atoms with Crippen molar-refractivity contribution in [1.82, 2.24) is 0 Å². The number of fused-ring (bicyclic) bond motifs is 1. The van der Waals surface area contributed by atoms with Crippen molar-refractivity contribution in [3.8, 4) is 0 Å². The summed E-state index contributed by atoms with van der Waals surface area (Å²) in [6, 6.07) is 8.06. The van der Waals surface area contributed by atoms with Crippen LogP contribution in [0.2, 0.25) is 0 Å². The quantitative estimate of drug-likeness (QED) is 0.741. The van der Waals surface area contributed by atoms with Crippen molar-refractivity contribution >= 4 is 0 Å². The summed E-state index contributed by atoms with van der Waals surface area (Å²) in [4.78, 5) is 0. The zero-order chi connectivity index (χ0) is 14.2. The van der Waals surface area contributed by atoms with Crippen LogP contribution in [0.1, 0.15) is 30.1 Å². The molecular weight excluding hydrogens is 256 g/mol. The molecule has 4 heteroatoms. The normalized spacial score (nSPS) is 21.7. The van der Waals surface area contributed by atoms with Gasteiger partial charge in [0.2, 0.25) is 0 Å². The topological polar surface area (TPSA) is 47.9 Å². The van der Waals surface area contributed by atoms with Crippen LogP contribution in [0.4, 0.5) is 0 Å². The third kappa shape index (κ3) is 4.28. The minimum absolute atomic E-state index is 0.0936.